The molecule has 0 amide bonds. The number of carboxylic acid groups (broad SMARTS) is 1. The fourth-order valence-corrected chi connectivity index (χ4v) is 1.85. The first kappa shape index (κ1) is 14.3. The van der Waals surface area contributed by atoms with E-state index in [0.29, 0.717) is 13.2 Å². The van der Waals surface area contributed by atoms with Crippen LogP contribution in [0.4, 0.5) is 0 Å². The SMILES string of the molecule is CC(C)(COCc1ccccc1)c1cc(C(=O)O)n[nH]1. The summed E-state index contributed by atoms with van der Waals surface area (Å²) < 4.78 is 5.71. The maximum atomic E-state index is 10.8. The van der Waals surface area contributed by atoms with Gasteiger partial charge in [-0.1, -0.05) is 44.2 Å². The van der Waals surface area contributed by atoms with Gasteiger partial charge in [-0.15, -0.1) is 0 Å². The number of aromatic amines is 1. The van der Waals surface area contributed by atoms with Gasteiger partial charge in [-0.25, -0.2) is 4.79 Å². The summed E-state index contributed by atoms with van der Waals surface area (Å²) in [7, 11) is 0. The Morgan fingerprint density at radius 2 is 2.05 bits per heavy atom. The summed E-state index contributed by atoms with van der Waals surface area (Å²) in [5.41, 5.74) is 1.56. The van der Waals surface area contributed by atoms with Gasteiger partial charge >= 0.3 is 5.97 Å². The predicted octanol–water partition coefficient (Wildman–Crippen LogP) is 2.60. The number of benzene rings is 1. The van der Waals surface area contributed by atoms with E-state index in [1.165, 1.54) is 0 Å². The minimum atomic E-state index is -1.03. The summed E-state index contributed by atoms with van der Waals surface area (Å²) in [6.45, 7) is 4.97. The second kappa shape index (κ2) is 5.88. The maximum Gasteiger partial charge on any atom is 0.356 e. The molecule has 5 nitrogen and oxygen atoms in total. The molecule has 2 rings (SSSR count). The monoisotopic (exact) mass is 274 g/mol. The summed E-state index contributed by atoms with van der Waals surface area (Å²) in [5.74, 6) is -1.03. The molecular weight excluding hydrogens is 256 g/mol. The zero-order valence-electron chi connectivity index (χ0n) is 11.6. The highest BCUT2D eigenvalue weighted by molar-refractivity contribution is 5.85. The van der Waals surface area contributed by atoms with Crippen molar-refractivity contribution in [2.45, 2.75) is 25.9 Å². The van der Waals surface area contributed by atoms with E-state index in [-0.39, 0.29) is 11.1 Å². The number of H-pyrrole nitrogens is 1. The van der Waals surface area contributed by atoms with E-state index in [9.17, 15) is 4.79 Å². The van der Waals surface area contributed by atoms with Crippen LogP contribution < -0.4 is 0 Å². The standard InChI is InChI=1S/C15H18N2O3/c1-15(2,13-8-12(14(18)19)16-17-13)10-20-9-11-6-4-3-5-7-11/h3-8H,9-10H2,1-2H3,(H,16,17)(H,18,19). The number of nitrogens with zero attached hydrogens (tertiary/aromatic N) is 1. The third-order valence-electron chi connectivity index (χ3n) is 3.10. The van der Waals surface area contributed by atoms with E-state index >= 15 is 0 Å². The molecule has 1 aromatic carbocycles. The first-order valence-corrected chi connectivity index (χ1v) is 6.40. The minimum absolute atomic E-state index is 0.0242. The number of nitrogens with one attached hydrogen (secondary N) is 1. The van der Waals surface area contributed by atoms with Crippen molar-refractivity contribution in [2.24, 2.45) is 0 Å². The van der Waals surface area contributed by atoms with Gasteiger partial charge in [0.2, 0.25) is 0 Å². The molecule has 106 valence electrons. The van der Waals surface area contributed by atoms with Gasteiger partial charge in [0, 0.05) is 11.1 Å². The van der Waals surface area contributed by atoms with Crippen LogP contribution >= 0.6 is 0 Å². The second-order valence-corrected chi connectivity index (χ2v) is 5.33. The smallest absolute Gasteiger partial charge is 0.356 e. The van der Waals surface area contributed by atoms with Gasteiger partial charge in [-0.05, 0) is 11.6 Å². The van der Waals surface area contributed by atoms with Crippen molar-refractivity contribution in [1.29, 1.82) is 0 Å². The Labute approximate surface area is 117 Å². The third-order valence-corrected chi connectivity index (χ3v) is 3.10. The van der Waals surface area contributed by atoms with E-state index in [1.807, 2.05) is 44.2 Å². The summed E-state index contributed by atoms with van der Waals surface area (Å²) in [6.07, 6.45) is 0. The van der Waals surface area contributed by atoms with E-state index in [4.69, 9.17) is 9.84 Å². The van der Waals surface area contributed by atoms with E-state index in [1.54, 1.807) is 6.07 Å². The molecule has 0 radical (unpaired) electrons. The van der Waals surface area contributed by atoms with E-state index in [0.717, 1.165) is 11.3 Å². The third kappa shape index (κ3) is 3.45. The topological polar surface area (TPSA) is 75.2 Å². The summed E-state index contributed by atoms with van der Waals surface area (Å²) >= 11 is 0. The number of hydrogen-bond donors (Lipinski definition) is 2. The van der Waals surface area contributed by atoms with Gasteiger partial charge in [0.25, 0.3) is 0 Å². The molecule has 2 N–H and O–H groups in total. The molecule has 0 fully saturated rings. The lowest BCUT2D eigenvalue weighted by molar-refractivity contribution is 0.0690. The van der Waals surface area contributed by atoms with Crippen LogP contribution in [0.5, 0.6) is 0 Å². The van der Waals surface area contributed by atoms with E-state index in [2.05, 4.69) is 10.2 Å². The number of aromatic carboxylic acids is 1. The highest BCUT2D eigenvalue weighted by atomic mass is 16.5. The molecule has 20 heavy (non-hydrogen) atoms. The Morgan fingerprint density at radius 1 is 1.35 bits per heavy atom. The molecule has 5 heteroatoms. The van der Waals surface area contributed by atoms with Crippen LogP contribution in [-0.2, 0) is 16.8 Å². The van der Waals surface area contributed by atoms with Crippen molar-refractivity contribution in [3.63, 3.8) is 0 Å². The summed E-state index contributed by atoms with van der Waals surface area (Å²) in [4.78, 5) is 10.8. The van der Waals surface area contributed by atoms with Crippen LogP contribution in [0, 0.1) is 0 Å². The molecule has 0 atom stereocenters. The number of hydrogen-bond acceptors (Lipinski definition) is 3. The molecule has 1 aromatic heterocycles. The summed E-state index contributed by atoms with van der Waals surface area (Å²) in [5, 5.41) is 15.4. The fraction of sp³-hybridized carbons (Fsp3) is 0.333. The molecular formula is C15H18N2O3. The van der Waals surface area contributed by atoms with Crippen LogP contribution in [0.15, 0.2) is 36.4 Å². The first-order valence-electron chi connectivity index (χ1n) is 6.40. The van der Waals surface area contributed by atoms with Gasteiger partial charge in [-0.2, -0.15) is 5.10 Å². The van der Waals surface area contributed by atoms with Crippen LogP contribution in [0.1, 0.15) is 35.6 Å². The van der Waals surface area contributed by atoms with Crippen molar-refractivity contribution < 1.29 is 14.6 Å². The van der Waals surface area contributed by atoms with Crippen molar-refractivity contribution in [2.75, 3.05) is 6.61 Å². The molecule has 0 aliphatic heterocycles. The lowest BCUT2D eigenvalue weighted by Gasteiger charge is -2.22. The number of carbonyl (C=O) groups is 1. The minimum Gasteiger partial charge on any atom is -0.476 e. The van der Waals surface area contributed by atoms with Crippen LogP contribution in [0.2, 0.25) is 0 Å². The first-order chi connectivity index (χ1) is 9.49. The lowest BCUT2D eigenvalue weighted by atomic mass is 9.90. The predicted molar refractivity (Wildman–Crippen MR) is 74.7 cm³/mol. The molecule has 0 spiro atoms. The van der Waals surface area contributed by atoms with Gasteiger partial charge < -0.3 is 9.84 Å². The largest absolute Gasteiger partial charge is 0.476 e. The Kier molecular flexibility index (Phi) is 4.20. The van der Waals surface area contributed by atoms with Gasteiger partial charge in [-0.3, -0.25) is 5.10 Å². The molecule has 0 unspecified atom stereocenters. The molecule has 0 saturated carbocycles. The van der Waals surface area contributed by atoms with Crippen molar-refractivity contribution >= 4 is 5.97 Å². The maximum absolute atomic E-state index is 10.8. The Balaban J connectivity index is 1.94. The van der Waals surface area contributed by atoms with Crippen LogP contribution in [0.3, 0.4) is 0 Å². The van der Waals surface area contributed by atoms with Crippen molar-refractivity contribution in [3.8, 4) is 0 Å². The Hall–Kier alpha value is -2.14. The second-order valence-electron chi connectivity index (χ2n) is 5.33. The van der Waals surface area contributed by atoms with Crippen molar-refractivity contribution in [3.05, 3.63) is 53.3 Å². The average molecular weight is 274 g/mol. The normalized spacial score (nSPS) is 11.5. The van der Waals surface area contributed by atoms with Crippen LogP contribution in [0.25, 0.3) is 0 Å². The van der Waals surface area contributed by atoms with Gasteiger partial charge in [0.1, 0.15) is 0 Å². The molecule has 0 aliphatic rings. The fourth-order valence-electron chi connectivity index (χ4n) is 1.85. The Bertz CT molecular complexity index is 576. The highest BCUT2D eigenvalue weighted by Crippen LogP contribution is 2.22. The Morgan fingerprint density at radius 3 is 2.65 bits per heavy atom. The van der Waals surface area contributed by atoms with Gasteiger partial charge in [0.15, 0.2) is 5.69 Å². The van der Waals surface area contributed by atoms with Crippen LogP contribution in [-0.4, -0.2) is 27.9 Å². The number of rotatable bonds is 6. The number of carboxylic acids is 1. The summed E-state index contributed by atoms with van der Waals surface area (Å²) in [6, 6.07) is 11.5. The van der Waals surface area contributed by atoms with E-state index < -0.39 is 5.97 Å². The van der Waals surface area contributed by atoms with Gasteiger partial charge in [0.05, 0.1) is 13.2 Å². The zero-order valence-corrected chi connectivity index (χ0v) is 11.6. The molecule has 0 bridgehead atoms. The molecule has 0 saturated heterocycles. The molecule has 2 aromatic rings. The molecule has 1 heterocycles. The number of ether oxygens (including phenoxy) is 1. The zero-order chi connectivity index (χ0) is 14.6. The average Bonchev–Trinajstić information content (AvgIpc) is 2.90. The van der Waals surface area contributed by atoms with Crippen molar-refractivity contribution in [1.82, 2.24) is 10.2 Å². The quantitative estimate of drug-likeness (QED) is 0.849. The molecule has 0 aliphatic carbocycles. The highest BCUT2D eigenvalue weighted by Gasteiger charge is 2.24. The lowest BCUT2D eigenvalue weighted by Crippen LogP contribution is -2.24. The number of aromatic nitrogens is 2.